The van der Waals surface area contributed by atoms with Gasteiger partial charge in [0.25, 0.3) is 0 Å². The Morgan fingerprint density at radius 3 is 2.96 bits per heavy atom. The van der Waals surface area contributed by atoms with Crippen molar-refractivity contribution in [2.24, 2.45) is 0 Å². The number of aromatic nitrogens is 4. The SMILES string of the molecule is C[C@@H](NCCCn1cnc2c(N)ncnc21)c1ccc(F)c(Cl)c1. The first-order chi connectivity index (χ1) is 11.6. The summed E-state index contributed by atoms with van der Waals surface area (Å²) in [6, 6.07) is 4.86. The highest BCUT2D eigenvalue weighted by atomic mass is 35.5. The maximum absolute atomic E-state index is 13.2. The molecule has 0 unspecified atom stereocenters. The lowest BCUT2D eigenvalue weighted by atomic mass is 10.1. The molecule has 8 heteroatoms. The maximum Gasteiger partial charge on any atom is 0.165 e. The molecule has 0 saturated heterocycles. The molecule has 0 amide bonds. The van der Waals surface area contributed by atoms with Crippen LogP contribution >= 0.6 is 11.6 Å². The second kappa shape index (κ2) is 7.11. The number of benzene rings is 1. The zero-order valence-corrected chi connectivity index (χ0v) is 14.0. The molecule has 0 radical (unpaired) electrons. The molecule has 3 aromatic rings. The van der Waals surface area contributed by atoms with Gasteiger partial charge in [-0.25, -0.2) is 19.3 Å². The lowest BCUT2D eigenvalue weighted by Gasteiger charge is -2.15. The summed E-state index contributed by atoms with van der Waals surface area (Å²) in [5, 5.41) is 3.54. The summed E-state index contributed by atoms with van der Waals surface area (Å²) in [5.41, 5.74) is 8.09. The van der Waals surface area contributed by atoms with Crippen molar-refractivity contribution in [1.29, 1.82) is 0 Å². The standard InChI is InChI=1S/C16H18ClFN6/c1-10(11-3-4-13(18)12(17)7-11)20-5-2-6-24-9-23-14-15(19)21-8-22-16(14)24/h3-4,7-10,20H,2,5-6H2,1H3,(H2,19,21,22)/t10-/m1/s1. The zero-order chi connectivity index (χ0) is 17.1. The minimum absolute atomic E-state index is 0.0839. The summed E-state index contributed by atoms with van der Waals surface area (Å²) < 4.78 is 15.2. The van der Waals surface area contributed by atoms with E-state index in [4.69, 9.17) is 17.3 Å². The van der Waals surface area contributed by atoms with E-state index in [1.807, 2.05) is 11.5 Å². The highest BCUT2D eigenvalue weighted by molar-refractivity contribution is 6.30. The van der Waals surface area contributed by atoms with Crippen LogP contribution in [0.15, 0.2) is 30.9 Å². The third-order valence-corrected chi connectivity index (χ3v) is 4.19. The molecule has 24 heavy (non-hydrogen) atoms. The van der Waals surface area contributed by atoms with E-state index >= 15 is 0 Å². The first-order valence-electron chi connectivity index (χ1n) is 7.66. The Balaban J connectivity index is 1.54. The summed E-state index contributed by atoms with van der Waals surface area (Å²) in [4.78, 5) is 12.4. The number of hydrogen-bond acceptors (Lipinski definition) is 5. The van der Waals surface area contributed by atoms with Crippen LogP contribution in [-0.2, 0) is 6.54 Å². The molecule has 0 spiro atoms. The number of rotatable bonds is 6. The topological polar surface area (TPSA) is 81.7 Å². The van der Waals surface area contributed by atoms with E-state index in [-0.39, 0.29) is 11.1 Å². The fraction of sp³-hybridized carbons (Fsp3) is 0.312. The summed E-state index contributed by atoms with van der Waals surface area (Å²) in [6.45, 7) is 3.57. The molecule has 0 aliphatic rings. The van der Waals surface area contributed by atoms with Gasteiger partial charge in [-0.05, 0) is 37.6 Å². The van der Waals surface area contributed by atoms with E-state index in [0.717, 1.165) is 30.7 Å². The van der Waals surface area contributed by atoms with Crippen molar-refractivity contribution in [3.63, 3.8) is 0 Å². The monoisotopic (exact) mass is 348 g/mol. The number of nitrogens with two attached hydrogens (primary N) is 1. The molecule has 3 N–H and O–H groups in total. The van der Waals surface area contributed by atoms with Crippen LogP contribution in [0.25, 0.3) is 11.2 Å². The molecule has 0 saturated carbocycles. The highest BCUT2D eigenvalue weighted by Crippen LogP contribution is 2.20. The largest absolute Gasteiger partial charge is 0.382 e. The second-order valence-corrected chi connectivity index (χ2v) is 5.98. The third kappa shape index (κ3) is 3.47. The van der Waals surface area contributed by atoms with Crippen molar-refractivity contribution in [3.8, 4) is 0 Å². The van der Waals surface area contributed by atoms with Gasteiger partial charge in [0, 0.05) is 12.6 Å². The molecule has 0 aliphatic carbocycles. The number of fused-ring (bicyclic) bond motifs is 1. The van der Waals surface area contributed by atoms with E-state index in [0.29, 0.717) is 11.3 Å². The molecule has 6 nitrogen and oxygen atoms in total. The van der Waals surface area contributed by atoms with Gasteiger partial charge in [-0.15, -0.1) is 0 Å². The van der Waals surface area contributed by atoms with Gasteiger partial charge in [0.2, 0.25) is 0 Å². The molecule has 2 heterocycles. The molecule has 2 aromatic heterocycles. The summed E-state index contributed by atoms with van der Waals surface area (Å²) in [5.74, 6) is -0.0143. The molecule has 126 valence electrons. The molecule has 3 rings (SSSR count). The zero-order valence-electron chi connectivity index (χ0n) is 13.2. The van der Waals surface area contributed by atoms with Crippen molar-refractivity contribution in [2.45, 2.75) is 25.9 Å². The Labute approximate surface area is 143 Å². The van der Waals surface area contributed by atoms with E-state index in [2.05, 4.69) is 20.3 Å². The van der Waals surface area contributed by atoms with E-state index in [1.54, 1.807) is 18.5 Å². The Morgan fingerprint density at radius 2 is 2.17 bits per heavy atom. The van der Waals surface area contributed by atoms with Gasteiger partial charge in [-0.2, -0.15) is 0 Å². The Kier molecular flexibility index (Phi) is 4.92. The number of nitrogen functional groups attached to an aromatic ring is 1. The van der Waals surface area contributed by atoms with Crippen LogP contribution in [0.4, 0.5) is 10.2 Å². The van der Waals surface area contributed by atoms with Crippen LogP contribution in [0.5, 0.6) is 0 Å². The van der Waals surface area contributed by atoms with Gasteiger partial charge in [0.1, 0.15) is 17.7 Å². The van der Waals surface area contributed by atoms with Crippen molar-refractivity contribution in [3.05, 3.63) is 47.3 Å². The van der Waals surface area contributed by atoms with Gasteiger partial charge >= 0.3 is 0 Å². The van der Waals surface area contributed by atoms with Crippen LogP contribution in [0.3, 0.4) is 0 Å². The Bertz CT molecular complexity index is 850. The van der Waals surface area contributed by atoms with E-state index in [9.17, 15) is 4.39 Å². The van der Waals surface area contributed by atoms with Gasteiger partial charge in [0.05, 0.1) is 11.3 Å². The molecule has 0 bridgehead atoms. The molecule has 0 fully saturated rings. The minimum Gasteiger partial charge on any atom is -0.382 e. The number of imidazole rings is 1. The molecular weight excluding hydrogens is 331 g/mol. The fourth-order valence-corrected chi connectivity index (χ4v) is 2.72. The van der Waals surface area contributed by atoms with E-state index in [1.165, 1.54) is 12.4 Å². The third-order valence-electron chi connectivity index (χ3n) is 3.90. The Morgan fingerprint density at radius 1 is 1.33 bits per heavy atom. The number of hydrogen-bond donors (Lipinski definition) is 2. The smallest absolute Gasteiger partial charge is 0.165 e. The first kappa shape index (κ1) is 16.6. The Hall–Kier alpha value is -2.25. The molecule has 1 aromatic carbocycles. The number of halogens is 2. The van der Waals surface area contributed by atoms with Gasteiger partial charge in [-0.3, -0.25) is 0 Å². The predicted molar refractivity (Wildman–Crippen MR) is 92.2 cm³/mol. The van der Waals surface area contributed by atoms with Gasteiger partial charge in [0.15, 0.2) is 11.5 Å². The average molecular weight is 349 g/mol. The normalized spacial score (nSPS) is 12.6. The lowest BCUT2D eigenvalue weighted by molar-refractivity contribution is 0.528. The number of nitrogens with one attached hydrogen (secondary N) is 1. The average Bonchev–Trinajstić information content (AvgIpc) is 2.98. The van der Waals surface area contributed by atoms with Gasteiger partial charge < -0.3 is 15.6 Å². The van der Waals surface area contributed by atoms with Crippen molar-refractivity contribution >= 4 is 28.6 Å². The molecule has 0 aliphatic heterocycles. The van der Waals surface area contributed by atoms with Crippen molar-refractivity contribution in [2.75, 3.05) is 12.3 Å². The quantitative estimate of drug-likeness (QED) is 0.669. The maximum atomic E-state index is 13.2. The number of anilines is 1. The van der Waals surface area contributed by atoms with Crippen LogP contribution in [0.2, 0.25) is 5.02 Å². The van der Waals surface area contributed by atoms with Crippen LogP contribution in [-0.4, -0.2) is 26.1 Å². The molecular formula is C16H18ClFN6. The van der Waals surface area contributed by atoms with Crippen LogP contribution in [0.1, 0.15) is 24.9 Å². The molecule has 1 atom stereocenters. The minimum atomic E-state index is -0.402. The predicted octanol–water partition coefficient (Wildman–Crippen LogP) is 2.94. The summed E-state index contributed by atoms with van der Waals surface area (Å²) >= 11 is 5.82. The van der Waals surface area contributed by atoms with Crippen molar-refractivity contribution in [1.82, 2.24) is 24.8 Å². The van der Waals surface area contributed by atoms with E-state index < -0.39 is 5.82 Å². The summed E-state index contributed by atoms with van der Waals surface area (Å²) in [6.07, 6.45) is 4.04. The summed E-state index contributed by atoms with van der Waals surface area (Å²) in [7, 11) is 0. The van der Waals surface area contributed by atoms with Crippen LogP contribution < -0.4 is 11.1 Å². The van der Waals surface area contributed by atoms with Gasteiger partial charge in [-0.1, -0.05) is 17.7 Å². The van der Waals surface area contributed by atoms with Crippen molar-refractivity contribution < 1.29 is 4.39 Å². The number of nitrogens with zero attached hydrogens (tertiary/aromatic N) is 4. The lowest BCUT2D eigenvalue weighted by Crippen LogP contribution is -2.21. The fourth-order valence-electron chi connectivity index (χ4n) is 2.53. The first-order valence-corrected chi connectivity index (χ1v) is 8.03. The van der Waals surface area contributed by atoms with Crippen LogP contribution in [0, 0.1) is 5.82 Å². The number of aryl methyl sites for hydroxylation is 1. The second-order valence-electron chi connectivity index (χ2n) is 5.57. The highest BCUT2D eigenvalue weighted by Gasteiger charge is 2.09.